The topological polar surface area (TPSA) is 57.5 Å². The average Bonchev–Trinajstić information content (AvgIpc) is 2.27. The van der Waals surface area contributed by atoms with Gasteiger partial charge >= 0.3 is 5.97 Å². The van der Waals surface area contributed by atoms with Crippen LogP contribution < -0.4 is 0 Å². The number of hydrogen-bond donors (Lipinski definition) is 2. The molecule has 0 aromatic heterocycles. The summed E-state index contributed by atoms with van der Waals surface area (Å²) in [6.07, 6.45) is 7.09. The van der Waals surface area contributed by atoms with E-state index < -0.39 is 5.97 Å². The summed E-state index contributed by atoms with van der Waals surface area (Å²) in [4.78, 5) is 11.3. The number of aliphatic hydroxyl groups is 1. The maximum atomic E-state index is 11.3. The van der Waals surface area contributed by atoms with E-state index in [0.717, 1.165) is 19.3 Å². The zero-order chi connectivity index (χ0) is 11.7. The third kappa shape index (κ3) is 2.01. The highest BCUT2D eigenvalue weighted by Crippen LogP contribution is 2.44. The van der Waals surface area contributed by atoms with E-state index in [1.165, 1.54) is 0 Å². The van der Waals surface area contributed by atoms with Gasteiger partial charge in [0.05, 0.1) is 5.92 Å². The number of rotatable bonds is 2. The van der Waals surface area contributed by atoms with Crippen LogP contribution in [-0.2, 0) is 4.79 Å². The van der Waals surface area contributed by atoms with Gasteiger partial charge in [-0.25, -0.2) is 0 Å². The Morgan fingerprint density at radius 3 is 2.75 bits per heavy atom. The summed E-state index contributed by atoms with van der Waals surface area (Å²) in [6, 6.07) is 0. The molecule has 0 saturated heterocycles. The Balaban J connectivity index is 2.15. The number of allylic oxidation sites excluding steroid dienone is 2. The number of carbonyl (C=O) groups is 1. The molecule has 0 aliphatic heterocycles. The van der Waals surface area contributed by atoms with E-state index in [-0.39, 0.29) is 24.4 Å². The smallest absolute Gasteiger partial charge is 0.307 e. The van der Waals surface area contributed by atoms with E-state index in [1.807, 2.05) is 13.0 Å². The molecule has 90 valence electrons. The summed E-state index contributed by atoms with van der Waals surface area (Å²) in [7, 11) is 0. The second-order valence-electron chi connectivity index (χ2n) is 5.30. The zero-order valence-corrected chi connectivity index (χ0v) is 9.67. The number of carboxylic acid groups (broad SMARTS) is 1. The zero-order valence-electron chi connectivity index (χ0n) is 9.67. The molecule has 2 aliphatic carbocycles. The van der Waals surface area contributed by atoms with Crippen LogP contribution in [-0.4, -0.2) is 22.8 Å². The number of hydrogen-bond acceptors (Lipinski definition) is 2. The van der Waals surface area contributed by atoms with Gasteiger partial charge in [0, 0.05) is 6.61 Å². The van der Waals surface area contributed by atoms with Crippen molar-refractivity contribution < 1.29 is 15.0 Å². The van der Waals surface area contributed by atoms with Crippen molar-refractivity contribution in [1.82, 2.24) is 0 Å². The molecule has 0 radical (unpaired) electrons. The lowest BCUT2D eigenvalue weighted by Gasteiger charge is -2.41. The lowest BCUT2D eigenvalue weighted by molar-refractivity contribution is -0.147. The largest absolute Gasteiger partial charge is 0.481 e. The van der Waals surface area contributed by atoms with Crippen LogP contribution in [0.15, 0.2) is 12.2 Å². The molecule has 5 atom stereocenters. The van der Waals surface area contributed by atoms with Gasteiger partial charge in [0.25, 0.3) is 0 Å². The van der Waals surface area contributed by atoms with Crippen LogP contribution in [0.3, 0.4) is 0 Å². The molecule has 2 N–H and O–H groups in total. The molecule has 2 rings (SSSR count). The van der Waals surface area contributed by atoms with Crippen molar-refractivity contribution in [3.63, 3.8) is 0 Å². The Labute approximate surface area is 96.2 Å². The quantitative estimate of drug-likeness (QED) is 0.704. The van der Waals surface area contributed by atoms with E-state index in [1.54, 1.807) is 0 Å². The van der Waals surface area contributed by atoms with Gasteiger partial charge in [-0.1, -0.05) is 19.1 Å². The second-order valence-corrected chi connectivity index (χ2v) is 5.30. The molecule has 3 heteroatoms. The highest BCUT2D eigenvalue weighted by atomic mass is 16.4. The van der Waals surface area contributed by atoms with Gasteiger partial charge in [0.2, 0.25) is 0 Å². The van der Waals surface area contributed by atoms with E-state index in [4.69, 9.17) is 5.11 Å². The molecule has 0 unspecified atom stereocenters. The lowest BCUT2D eigenvalue weighted by Crippen LogP contribution is -2.39. The fourth-order valence-electron chi connectivity index (χ4n) is 3.39. The van der Waals surface area contributed by atoms with Crippen LogP contribution in [0.2, 0.25) is 0 Å². The van der Waals surface area contributed by atoms with Gasteiger partial charge in [0.15, 0.2) is 0 Å². The molecule has 0 bridgehead atoms. The third-order valence-corrected chi connectivity index (χ3v) is 4.30. The maximum Gasteiger partial charge on any atom is 0.307 e. The molecule has 2 aliphatic rings. The van der Waals surface area contributed by atoms with Crippen LogP contribution in [0.1, 0.15) is 26.2 Å². The van der Waals surface area contributed by atoms with Gasteiger partial charge in [-0.3, -0.25) is 4.79 Å². The Kier molecular flexibility index (Phi) is 3.33. The average molecular weight is 224 g/mol. The van der Waals surface area contributed by atoms with E-state index in [9.17, 15) is 9.90 Å². The minimum absolute atomic E-state index is 0.143. The van der Waals surface area contributed by atoms with Crippen LogP contribution in [0, 0.1) is 29.6 Å². The highest BCUT2D eigenvalue weighted by molar-refractivity contribution is 5.71. The Hall–Kier alpha value is -0.830. The van der Waals surface area contributed by atoms with Crippen molar-refractivity contribution in [2.24, 2.45) is 29.6 Å². The Morgan fingerprint density at radius 2 is 2.12 bits per heavy atom. The summed E-state index contributed by atoms with van der Waals surface area (Å²) >= 11 is 0. The lowest BCUT2D eigenvalue weighted by atomic mass is 9.63. The first-order chi connectivity index (χ1) is 7.63. The van der Waals surface area contributed by atoms with Crippen molar-refractivity contribution in [2.75, 3.05) is 6.61 Å². The predicted molar refractivity (Wildman–Crippen MR) is 60.8 cm³/mol. The molecule has 0 amide bonds. The summed E-state index contributed by atoms with van der Waals surface area (Å²) in [5.41, 5.74) is 0. The van der Waals surface area contributed by atoms with Crippen molar-refractivity contribution in [3.05, 3.63) is 12.2 Å². The molecule has 0 aromatic carbocycles. The third-order valence-electron chi connectivity index (χ3n) is 4.30. The van der Waals surface area contributed by atoms with Gasteiger partial charge in [-0.15, -0.1) is 0 Å². The Morgan fingerprint density at radius 1 is 1.38 bits per heavy atom. The van der Waals surface area contributed by atoms with Gasteiger partial charge in [0.1, 0.15) is 0 Å². The SMILES string of the molecule is C[C@@H]1C=C[C@@H]2C[C@H](CO)CC[C@H]2[C@@H]1C(=O)O. The summed E-state index contributed by atoms with van der Waals surface area (Å²) in [5, 5.41) is 18.5. The fraction of sp³-hybridized carbons (Fsp3) is 0.769. The van der Waals surface area contributed by atoms with Crippen LogP contribution >= 0.6 is 0 Å². The van der Waals surface area contributed by atoms with Crippen molar-refractivity contribution in [2.45, 2.75) is 26.2 Å². The molecule has 0 aromatic rings. The molecule has 16 heavy (non-hydrogen) atoms. The van der Waals surface area contributed by atoms with Crippen LogP contribution in [0.4, 0.5) is 0 Å². The minimum Gasteiger partial charge on any atom is -0.481 e. The van der Waals surface area contributed by atoms with Crippen LogP contribution in [0.25, 0.3) is 0 Å². The molecular weight excluding hydrogens is 204 g/mol. The highest BCUT2D eigenvalue weighted by Gasteiger charge is 2.41. The molecule has 3 nitrogen and oxygen atoms in total. The molecular formula is C13H20O3. The maximum absolute atomic E-state index is 11.3. The molecule has 1 fully saturated rings. The fourth-order valence-corrected chi connectivity index (χ4v) is 3.39. The van der Waals surface area contributed by atoms with Crippen molar-refractivity contribution in [1.29, 1.82) is 0 Å². The minimum atomic E-state index is -0.658. The molecule has 0 spiro atoms. The predicted octanol–water partition coefficient (Wildman–Crippen LogP) is 1.92. The van der Waals surface area contributed by atoms with Crippen LogP contribution in [0.5, 0.6) is 0 Å². The van der Waals surface area contributed by atoms with Gasteiger partial charge < -0.3 is 10.2 Å². The normalized spacial score (nSPS) is 42.8. The monoisotopic (exact) mass is 224 g/mol. The first-order valence-electron chi connectivity index (χ1n) is 6.15. The van der Waals surface area contributed by atoms with Gasteiger partial charge in [-0.2, -0.15) is 0 Å². The van der Waals surface area contributed by atoms with Gasteiger partial charge in [-0.05, 0) is 42.9 Å². The number of aliphatic hydroxyl groups excluding tert-OH is 1. The summed E-state index contributed by atoms with van der Waals surface area (Å²) in [6.45, 7) is 2.23. The number of carboxylic acids is 1. The molecule has 0 heterocycles. The molecule has 1 saturated carbocycles. The summed E-state index contributed by atoms with van der Waals surface area (Å²) < 4.78 is 0. The summed E-state index contributed by atoms with van der Waals surface area (Å²) in [5.74, 6) is 0.269. The first kappa shape index (κ1) is 11.6. The standard InChI is InChI=1S/C13H20O3/c1-8-2-4-10-6-9(7-14)3-5-11(10)12(8)13(15)16/h2,4,8-12,14H,3,5-7H2,1H3,(H,15,16)/t8-,9-,10-,11-,12-/m1/s1. The number of fused-ring (bicyclic) bond motifs is 1. The Bertz CT molecular complexity index is 298. The second kappa shape index (κ2) is 4.58. The van der Waals surface area contributed by atoms with Crippen molar-refractivity contribution in [3.8, 4) is 0 Å². The van der Waals surface area contributed by atoms with E-state index in [0.29, 0.717) is 11.8 Å². The van der Waals surface area contributed by atoms with Crippen molar-refractivity contribution >= 4 is 5.97 Å². The number of aliphatic carboxylic acids is 1. The van der Waals surface area contributed by atoms with E-state index >= 15 is 0 Å². The first-order valence-corrected chi connectivity index (χ1v) is 6.15. The van der Waals surface area contributed by atoms with E-state index in [2.05, 4.69) is 6.08 Å².